The number of ketones is 1. The highest BCUT2D eigenvalue weighted by Crippen LogP contribution is 2.79. The largest absolute Gasteiger partial charge is 0.472 e. The highest BCUT2D eigenvalue weighted by atomic mass is 16.7. The zero-order chi connectivity index (χ0) is 23.9. The van der Waals surface area contributed by atoms with Crippen molar-refractivity contribution in [1.29, 1.82) is 0 Å². The van der Waals surface area contributed by atoms with Crippen molar-refractivity contribution in [1.82, 2.24) is 0 Å². The fourth-order valence-electron chi connectivity index (χ4n) is 9.34. The Balaban J connectivity index is 1.41. The van der Waals surface area contributed by atoms with Gasteiger partial charge in [-0.05, 0) is 45.6 Å². The predicted octanol–water partition coefficient (Wildman–Crippen LogP) is 3.14. The molecule has 6 fully saturated rings. The van der Waals surface area contributed by atoms with Gasteiger partial charge in [-0.2, -0.15) is 0 Å². The van der Waals surface area contributed by atoms with E-state index in [0.717, 1.165) is 12.0 Å². The first-order valence-electron chi connectivity index (χ1n) is 12.3. The van der Waals surface area contributed by atoms with E-state index in [9.17, 15) is 14.4 Å². The van der Waals surface area contributed by atoms with Gasteiger partial charge in [-0.1, -0.05) is 6.92 Å². The fourth-order valence-corrected chi connectivity index (χ4v) is 9.34. The Kier molecular flexibility index (Phi) is 3.70. The van der Waals surface area contributed by atoms with E-state index in [1.807, 2.05) is 26.8 Å². The van der Waals surface area contributed by atoms with Crippen LogP contribution in [0.25, 0.3) is 0 Å². The molecule has 1 aromatic rings. The summed E-state index contributed by atoms with van der Waals surface area (Å²) in [5, 5.41) is 0. The summed E-state index contributed by atoms with van der Waals surface area (Å²) in [4.78, 5) is 39.7. The molecule has 1 aromatic heterocycles. The van der Waals surface area contributed by atoms with E-state index in [1.165, 1.54) is 0 Å². The molecule has 34 heavy (non-hydrogen) atoms. The van der Waals surface area contributed by atoms with Gasteiger partial charge < -0.3 is 23.4 Å². The second-order valence-electron chi connectivity index (χ2n) is 12.2. The molecule has 0 radical (unpaired) electrons. The van der Waals surface area contributed by atoms with Gasteiger partial charge in [0.1, 0.15) is 24.1 Å². The Morgan fingerprint density at radius 3 is 2.50 bits per heavy atom. The van der Waals surface area contributed by atoms with Crippen LogP contribution in [-0.4, -0.2) is 47.7 Å². The van der Waals surface area contributed by atoms with Crippen LogP contribution < -0.4 is 0 Å². The van der Waals surface area contributed by atoms with Gasteiger partial charge in [0, 0.05) is 28.7 Å². The van der Waals surface area contributed by atoms with Crippen LogP contribution in [-0.2, 0) is 33.3 Å². The van der Waals surface area contributed by atoms with Crippen molar-refractivity contribution in [2.24, 2.45) is 28.1 Å². The summed E-state index contributed by atoms with van der Waals surface area (Å²) in [6.07, 6.45) is 3.46. The van der Waals surface area contributed by atoms with Crippen LogP contribution in [0.3, 0.4) is 0 Å². The normalized spacial score (nSPS) is 52.4. The highest BCUT2D eigenvalue weighted by molar-refractivity contribution is 5.93. The first kappa shape index (κ1) is 21.1. The molecule has 2 spiro atoms. The summed E-state index contributed by atoms with van der Waals surface area (Å²) in [6.45, 7) is 8.36. The van der Waals surface area contributed by atoms with Gasteiger partial charge in [-0.25, -0.2) is 4.79 Å². The topological polar surface area (TPSA) is 105 Å². The molecule has 4 saturated heterocycles. The van der Waals surface area contributed by atoms with Gasteiger partial charge >= 0.3 is 11.9 Å². The van der Waals surface area contributed by atoms with E-state index < -0.39 is 45.6 Å². The molecule has 9 atom stereocenters. The molecule has 4 aliphatic heterocycles. The zero-order valence-electron chi connectivity index (χ0n) is 19.9. The zero-order valence-corrected chi connectivity index (χ0v) is 19.9. The molecule has 0 unspecified atom stereocenters. The first-order chi connectivity index (χ1) is 16.0. The molecule has 8 heteroatoms. The van der Waals surface area contributed by atoms with Crippen molar-refractivity contribution in [2.75, 3.05) is 6.61 Å². The van der Waals surface area contributed by atoms with Gasteiger partial charge in [0.25, 0.3) is 0 Å². The summed E-state index contributed by atoms with van der Waals surface area (Å²) in [5.41, 5.74) is -2.78. The summed E-state index contributed by atoms with van der Waals surface area (Å²) in [6, 6.07) is 1.81. The van der Waals surface area contributed by atoms with E-state index >= 15 is 0 Å². The van der Waals surface area contributed by atoms with Crippen LogP contribution in [0.2, 0.25) is 0 Å². The minimum absolute atomic E-state index is 0.0677. The first-order valence-corrected chi connectivity index (χ1v) is 12.3. The molecule has 182 valence electrons. The van der Waals surface area contributed by atoms with E-state index in [0.29, 0.717) is 12.8 Å². The fraction of sp³-hybridized carbons (Fsp3) is 0.731. The maximum absolute atomic E-state index is 14.2. The standard InChI is InChI=1S/C26H30O8/c1-22(2)15-9-16(27)24(4)14(25(15)12-31-18(28)10-17(25)33-22)5-7-23(3)19(13-6-8-30-11-13)32-21(29)20-26(23,24)34-20/h6,8,11,14-15,17,19-20H,5,7,9-10,12H2,1-4H3/t14-,15-,17-,19+,20+,23+,24-,25-,26+/m0/s1. The molecule has 0 aromatic carbocycles. The molecular weight excluding hydrogens is 440 g/mol. The number of carbonyl (C=O) groups is 3. The number of hydrogen-bond donors (Lipinski definition) is 0. The number of Topliss-reactive ketones (excluding diaryl/α,β-unsaturated/α-hetero) is 1. The van der Waals surface area contributed by atoms with Crippen molar-refractivity contribution in [3.63, 3.8) is 0 Å². The van der Waals surface area contributed by atoms with Gasteiger partial charge in [-0.3, -0.25) is 9.59 Å². The number of cyclic esters (lactones) is 2. The number of furan rings is 1. The third kappa shape index (κ3) is 2.02. The molecular formula is C26H30O8. The molecule has 2 aliphatic carbocycles. The number of ether oxygens (including phenoxy) is 4. The molecule has 0 amide bonds. The lowest BCUT2D eigenvalue weighted by molar-refractivity contribution is -0.225. The lowest BCUT2D eigenvalue weighted by atomic mass is 9.37. The van der Waals surface area contributed by atoms with E-state index in [-0.39, 0.29) is 42.7 Å². The van der Waals surface area contributed by atoms with Crippen LogP contribution in [0.1, 0.15) is 65.0 Å². The quantitative estimate of drug-likeness (QED) is 0.455. The van der Waals surface area contributed by atoms with Crippen molar-refractivity contribution in [3.8, 4) is 0 Å². The number of esters is 2. The van der Waals surface area contributed by atoms with Gasteiger partial charge in [0.05, 0.1) is 36.1 Å². The Hall–Kier alpha value is -2.19. The molecule has 5 heterocycles. The van der Waals surface area contributed by atoms with Crippen molar-refractivity contribution < 1.29 is 37.7 Å². The van der Waals surface area contributed by atoms with E-state index in [1.54, 1.807) is 12.5 Å². The van der Waals surface area contributed by atoms with Crippen LogP contribution >= 0.6 is 0 Å². The van der Waals surface area contributed by atoms with Gasteiger partial charge in [-0.15, -0.1) is 0 Å². The second-order valence-corrected chi connectivity index (χ2v) is 12.2. The van der Waals surface area contributed by atoms with Crippen molar-refractivity contribution in [3.05, 3.63) is 24.2 Å². The monoisotopic (exact) mass is 470 g/mol. The summed E-state index contributed by atoms with van der Waals surface area (Å²) < 4.78 is 29.8. The summed E-state index contributed by atoms with van der Waals surface area (Å²) >= 11 is 0. The third-order valence-electron chi connectivity index (χ3n) is 10.7. The third-order valence-corrected chi connectivity index (χ3v) is 10.7. The minimum Gasteiger partial charge on any atom is -0.472 e. The van der Waals surface area contributed by atoms with Crippen molar-refractivity contribution >= 4 is 17.7 Å². The molecule has 7 rings (SSSR count). The Bertz CT molecular complexity index is 1120. The SMILES string of the molecule is CC1(C)O[C@H]2CC(=O)OC[C@@]23[C@H]2CC[C@]4(C)[C@@H](c5ccoc5)OC(=O)[C@H]5O[C@]54[C@]2(C)C(=O)C[C@@H]13. The van der Waals surface area contributed by atoms with Crippen LogP contribution in [0.5, 0.6) is 0 Å². The number of epoxide rings is 1. The average Bonchev–Trinajstić information content (AvgIpc) is 3.26. The smallest absolute Gasteiger partial charge is 0.339 e. The molecule has 2 saturated carbocycles. The predicted molar refractivity (Wildman–Crippen MR) is 114 cm³/mol. The summed E-state index contributed by atoms with van der Waals surface area (Å²) in [5.74, 6) is -0.780. The van der Waals surface area contributed by atoms with Crippen LogP contribution in [0.15, 0.2) is 23.0 Å². The van der Waals surface area contributed by atoms with Gasteiger partial charge in [0.15, 0.2) is 6.10 Å². The second kappa shape index (κ2) is 5.95. The summed E-state index contributed by atoms with van der Waals surface area (Å²) in [7, 11) is 0. The van der Waals surface area contributed by atoms with Crippen LogP contribution in [0.4, 0.5) is 0 Å². The average molecular weight is 471 g/mol. The molecule has 6 aliphatic rings. The van der Waals surface area contributed by atoms with Gasteiger partial charge in [0.2, 0.25) is 0 Å². The lowest BCUT2D eigenvalue weighted by Gasteiger charge is -2.65. The number of carbonyl (C=O) groups excluding carboxylic acids is 3. The van der Waals surface area contributed by atoms with Crippen molar-refractivity contribution in [2.45, 2.75) is 82.9 Å². The molecule has 0 bridgehead atoms. The maximum atomic E-state index is 14.2. The number of fused-ring (bicyclic) bond motifs is 1. The number of rotatable bonds is 1. The Morgan fingerprint density at radius 1 is 0.971 bits per heavy atom. The Labute approximate surface area is 197 Å². The lowest BCUT2D eigenvalue weighted by Crippen LogP contribution is -2.72. The van der Waals surface area contributed by atoms with E-state index in [4.69, 9.17) is 23.4 Å². The van der Waals surface area contributed by atoms with Crippen LogP contribution in [0, 0.1) is 28.1 Å². The van der Waals surface area contributed by atoms with E-state index in [2.05, 4.69) is 6.92 Å². The highest BCUT2D eigenvalue weighted by Gasteiger charge is 2.89. The minimum atomic E-state index is -0.976. The number of hydrogen-bond acceptors (Lipinski definition) is 8. The molecule has 0 N–H and O–H groups in total. The Morgan fingerprint density at radius 2 is 1.76 bits per heavy atom. The molecule has 8 nitrogen and oxygen atoms in total. The maximum Gasteiger partial charge on any atom is 0.339 e.